The highest BCUT2D eigenvalue weighted by Crippen LogP contribution is 2.23. The van der Waals surface area contributed by atoms with E-state index in [0.29, 0.717) is 5.95 Å². The van der Waals surface area contributed by atoms with Crippen LogP contribution in [0, 0.1) is 6.42 Å². The molecule has 2 aromatic carbocycles. The first-order valence-electron chi connectivity index (χ1n) is 9.93. The van der Waals surface area contributed by atoms with E-state index in [9.17, 15) is 8.78 Å². The molecule has 3 aromatic rings. The number of rotatable bonds is 7. The van der Waals surface area contributed by atoms with Crippen LogP contribution in [0.5, 0.6) is 5.75 Å². The fourth-order valence-corrected chi connectivity index (χ4v) is 3.47. The third-order valence-corrected chi connectivity index (χ3v) is 4.95. The number of hydrogen-bond donors (Lipinski definition) is 1. The zero-order chi connectivity index (χ0) is 20.8. The number of piperidine rings is 1. The van der Waals surface area contributed by atoms with Crippen molar-refractivity contribution in [2.75, 3.05) is 18.4 Å². The molecule has 0 atom stereocenters. The van der Waals surface area contributed by atoms with Gasteiger partial charge in [0.25, 0.3) is 0 Å². The van der Waals surface area contributed by atoms with E-state index in [0.717, 1.165) is 49.3 Å². The first kappa shape index (κ1) is 20.2. The van der Waals surface area contributed by atoms with Crippen molar-refractivity contribution in [3.63, 3.8) is 0 Å². The van der Waals surface area contributed by atoms with Crippen molar-refractivity contribution in [3.8, 4) is 16.9 Å². The summed E-state index contributed by atoms with van der Waals surface area (Å²) in [4.78, 5) is 11.2. The average molecular weight is 409 g/mol. The summed E-state index contributed by atoms with van der Waals surface area (Å²) < 4.78 is 28.9. The molecule has 2 heterocycles. The van der Waals surface area contributed by atoms with Crippen molar-refractivity contribution in [1.82, 2.24) is 14.9 Å². The molecular weight excluding hydrogens is 386 g/mol. The van der Waals surface area contributed by atoms with Gasteiger partial charge in [-0.25, -0.2) is 9.97 Å². The normalized spacial score (nSPS) is 14.6. The molecule has 0 spiro atoms. The number of nitrogens with one attached hydrogen (secondary N) is 1. The maximum absolute atomic E-state index is 12.3. The van der Waals surface area contributed by atoms with Crippen LogP contribution in [0.3, 0.4) is 0 Å². The third-order valence-electron chi connectivity index (χ3n) is 4.95. The molecule has 1 aliphatic heterocycles. The molecule has 1 fully saturated rings. The van der Waals surface area contributed by atoms with Gasteiger partial charge in [0.2, 0.25) is 5.95 Å². The van der Waals surface area contributed by atoms with Gasteiger partial charge in [-0.3, -0.25) is 4.90 Å². The predicted octanol–water partition coefficient (Wildman–Crippen LogP) is 5.29. The standard InChI is InChI=1S/C23H23F2N4O/c24-22(25)30-21-9-7-18(8-10-21)19-14-26-23(27-15-19)28-20-6-4-5-17(13-20)16-29-11-2-1-3-12-29/h1,4-10,13-15,22H,2-3,11-12,16H2,(H,26,27,28). The minimum atomic E-state index is -2.83. The Balaban J connectivity index is 1.39. The lowest BCUT2D eigenvalue weighted by atomic mass is 10.1. The van der Waals surface area contributed by atoms with Crippen molar-refractivity contribution in [2.24, 2.45) is 0 Å². The summed E-state index contributed by atoms with van der Waals surface area (Å²) in [6.45, 7) is 0.324. The number of benzene rings is 2. The Kier molecular flexibility index (Phi) is 6.49. The Morgan fingerprint density at radius 2 is 1.70 bits per heavy atom. The summed E-state index contributed by atoms with van der Waals surface area (Å²) in [5, 5.41) is 3.24. The first-order chi connectivity index (χ1) is 14.7. The van der Waals surface area contributed by atoms with Gasteiger partial charge >= 0.3 is 6.61 Å². The van der Waals surface area contributed by atoms with E-state index in [4.69, 9.17) is 0 Å². The van der Waals surface area contributed by atoms with Gasteiger partial charge in [-0.15, -0.1) is 0 Å². The summed E-state index contributed by atoms with van der Waals surface area (Å²) in [6.07, 6.45) is 8.06. The molecule has 1 aromatic heterocycles. The molecule has 1 saturated heterocycles. The zero-order valence-electron chi connectivity index (χ0n) is 16.5. The van der Waals surface area contributed by atoms with E-state index in [1.807, 2.05) is 12.1 Å². The number of alkyl halides is 2. The largest absolute Gasteiger partial charge is 0.435 e. The highest BCUT2D eigenvalue weighted by molar-refractivity contribution is 5.63. The van der Waals surface area contributed by atoms with Gasteiger partial charge in [0.05, 0.1) is 0 Å². The number of nitrogens with zero attached hydrogens (tertiary/aromatic N) is 3. The van der Waals surface area contributed by atoms with Crippen molar-refractivity contribution in [3.05, 3.63) is 72.9 Å². The van der Waals surface area contributed by atoms with Gasteiger partial charge in [0.1, 0.15) is 5.75 Å². The second kappa shape index (κ2) is 9.63. The summed E-state index contributed by atoms with van der Waals surface area (Å²) in [7, 11) is 0. The lowest BCUT2D eigenvalue weighted by Gasteiger charge is -2.26. The molecule has 30 heavy (non-hydrogen) atoms. The molecule has 155 valence electrons. The summed E-state index contributed by atoms with van der Waals surface area (Å²) in [6, 6.07) is 14.7. The van der Waals surface area contributed by atoms with Crippen molar-refractivity contribution in [2.45, 2.75) is 26.0 Å². The fourth-order valence-electron chi connectivity index (χ4n) is 3.47. The first-order valence-corrected chi connectivity index (χ1v) is 9.93. The number of hydrogen-bond acceptors (Lipinski definition) is 5. The molecule has 1 aliphatic rings. The van der Waals surface area contributed by atoms with Crippen molar-refractivity contribution < 1.29 is 13.5 Å². The summed E-state index contributed by atoms with van der Waals surface area (Å²) in [5.74, 6) is 0.622. The lowest BCUT2D eigenvalue weighted by molar-refractivity contribution is -0.0498. The average Bonchev–Trinajstić information content (AvgIpc) is 2.76. The smallest absolute Gasteiger partial charge is 0.387 e. The van der Waals surface area contributed by atoms with Gasteiger partial charge in [-0.2, -0.15) is 8.78 Å². The van der Waals surface area contributed by atoms with E-state index in [1.54, 1.807) is 24.5 Å². The number of aromatic nitrogens is 2. The van der Waals surface area contributed by atoms with Crippen LogP contribution in [0.1, 0.15) is 18.4 Å². The van der Waals surface area contributed by atoms with Crippen molar-refractivity contribution in [1.29, 1.82) is 0 Å². The zero-order valence-corrected chi connectivity index (χ0v) is 16.5. The van der Waals surface area contributed by atoms with E-state index in [2.05, 4.69) is 43.5 Å². The maximum Gasteiger partial charge on any atom is 0.387 e. The number of halogens is 2. The molecule has 0 unspecified atom stereocenters. The monoisotopic (exact) mass is 409 g/mol. The molecule has 1 radical (unpaired) electrons. The van der Waals surface area contributed by atoms with E-state index >= 15 is 0 Å². The predicted molar refractivity (Wildman–Crippen MR) is 113 cm³/mol. The lowest BCUT2D eigenvalue weighted by Crippen LogP contribution is -2.29. The molecule has 0 aliphatic carbocycles. The van der Waals surface area contributed by atoms with Crippen LogP contribution in [-0.4, -0.2) is 34.6 Å². The molecule has 7 heteroatoms. The minimum Gasteiger partial charge on any atom is -0.435 e. The second-order valence-electron chi connectivity index (χ2n) is 7.17. The molecule has 1 N–H and O–H groups in total. The van der Waals surface area contributed by atoms with Crippen LogP contribution in [0.4, 0.5) is 20.4 Å². The number of likely N-dealkylation sites (tertiary alicyclic amines) is 1. The van der Waals surface area contributed by atoms with Gasteiger partial charge < -0.3 is 10.1 Å². The van der Waals surface area contributed by atoms with Crippen LogP contribution in [-0.2, 0) is 6.54 Å². The van der Waals surface area contributed by atoms with Crippen molar-refractivity contribution >= 4 is 11.6 Å². The quantitative estimate of drug-likeness (QED) is 0.575. The Labute approximate surface area is 174 Å². The summed E-state index contributed by atoms with van der Waals surface area (Å²) >= 11 is 0. The molecular formula is C23H23F2N4O. The van der Waals surface area contributed by atoms with Gasteiger partial charge in [-0.05, 0) is 67.7 Å². The maximum atomic E-state index is 12.3. The summed E-state index contributed by atoms with van der Waals surface area (Å²) in [5.41, 5.74) is 3.81. The van der Waals surface area contributed by atoms with Crippen LogP contribution >= 0.6 is 0 Å². The number of ether oxygens (including phenoxy) is 1. The highest BCUT2D eigenvalue weighted by Gasteiger charge is 2.11. The van der Waals surface area contributed by atoms with E-state index in [-0.39, 0.29) is 5.75 Å². The Morgan fingerprint density at radius 3 is 2.40 bits per heavy atom. The third kappa shape index (κ3) is 5.51. The highest BCUT2D eigenvalue weighted by atomic mass is 19.3. The second-order valence-corrected chi connectivity index (χ2v) is 7.17. The van der Waals surface area contributed by atoms with Gasteiger partial charge in [0, 0.05) is 30.2 Å². The molecule has 4 rings (SSSR count). The van der Waals surface area contributed by atoms with E-state index < -0.39 is 6.61 Å². The molecule has 0 saturated carbocycles. The molecule has 0 bridgehead atoms. The van der Waals surface area contributed by atoms with Crippen LogP contribution in [0.15, 0.2) is 60.9 Å². The minimum absolute atomic E-state index is 0.121. The fraction of sp³-hybridized carbons (Fsp3) is 0.261. The molecule has 0 amide bonds. The molecule has 5 nitrogen and oxygen atoms in total. The topological polar surface area (TPSA) is 50.3 Å². The Hall–Kier alpha value is -3.06. The van der Waals surface area contributed by atoms with E-state index in [1.165, 1.54) is 17.7 Å². The Morgan fingerprint density at radius 1 is 0.967 bits per heavy atom. The number of anilines is 2. The van der Waals surface area contributed by atoms with Crippen LogP contribution < -0.4 is 10.1 Å². The van der Waals surface area contributed by atoms with Gasteiger partial charge in [-0.1, -0.05) is 24.3 Å². The van der Waals surface area contributed by atoms with Crippen LogP contribution in [0.25, 0.3) is 11.1 Å². The van der Waals surface area contributed by atoms with Gasteiger partial charge in [0.15, 0.2) is 0 Å². The van der Waals surface area contributed by atoms with Crippen LogP contribution in [0.2, 0.25) is 0 Å². The SMILES string of the molecule is FC(F)Oc1ccc(-c2cnc(Nc3cccc(CN4CC[CH]CC4)c3)nc2)cc1. The Bertz CT molecular complexity index is 942.